The van der Waals surface area contributed by atoms with Crippen molar-refractivity contribution in [1.29, 1.82) is 0 Å². The highest BCUT2D eigenvalue weighted by atomic mass is 19.1. The van der Waals surface area contributed by atoms with Crippen molar-refractivity contribution in [1.82, 2.24) is 14.8 Å². The molecule has 2 aromatic carbocycles. The molecular weight excluding hydrogens is 319 g/mol. The van der Waals surface area contributed by atoms with Gasteiger partial charge in [-0.05, 0) is 43.3 Å². The number of anilines is 1. The first-order chi connectivity index (χ1) is 12.1. The van der Waals surface area contributed by atoms with Gasteiger partial charge >= 0.3 is 0 Å². The average Bonchev–Trinajstić information content (AvgIpc) is 3.11. The van der Waals surface area contributed by atoms with E-state index < -0.39 is 11.7 Å². The van der Waals surface area contributed by atoms with Crippen molar-refractivity contribution < 1.29 is 9.18 Å². The predicted molar refractivity (Wildman–Crippen MR) is 94.9 cm³/mol. The third-order valence-corrected chi connectivity index (χ3v) is 4.03. The number of aryl methyl sites for hydroxylation is 1. The summed E-state index contributed by atoms with van der Waals surface area (Å²) in [4.78, 5) is 16.8. The molecule has 0 bridgehead atoms. The van der Waals surface area contributed by atoms with Crippen molar-refractivity contribution in [3.05, 3.63) is 77.7 Å². The number of hydrogen-bond acceptors (Lipinski definition) is 3. The number of nitrogens with one attached hydrogen (secondary N) is 2. The minimum atomic E-state index is -0.566. The standard InChI is InChI=1S/C19H15FN4O/c1-12-8-9-14(20)13(11-12)19(25)23-22-18-17-7-4-10-24(17)16-6-3-2-5-15(16)21-18/h2-11H,1H3,(H,21,22)(H,23,25). The lowest BCUT2D eigenvalue weighted by Crippen LogP contribution is -2.30. The molecule has 25 heavy (non-hydrogen) atoms. The molecule has 2 heterocycles. The monoisotopic (exact) mass is 334 g/mol. The number of para-hydroxylation sites is 2. The van der Waals surface area contributed by atoms with E-state index in [1.807, 2.05) is 47.0 Å². The van der Waals surface area contributed by atoms with Gasteiger partial charge in [-0.3, -0.25) is 15.6 Å². The van der Waals surface area contributed by atoms with Crippen LogP contribution >= 0.6 is 0 Å². The highest BCUT2D eigenvalue weighted by Crippen LogP contribution is 2.21. The van der Waals surface area contributed by atoms with E-state index in [0.717, 1.165) is 22.1 Å². The summed E-state index contributed by atoms with van der Waals surface area (Å²) in [6.45, 7) is 1.80. The normalized spacial score (nSPS) is 11.0. The van der Waals surface area contributed by atoms with Crippen LogP contribution in [0.25, 0.3) is 16.6 Å². The third-order valence-electron chi connectivity index (χ3n) is 4.03. The van der Waals surface area contributed by atoms with Gasteiger partial charge in [0.05, 0.1) is 22.1 Å². The molecule has 1 amide bonds. The Hall–Kier alpha value is -3.41. The Morgan fingerprint density at radius 2 is 1.88 bits per heavy atom. The molecule has 5 nitrogen and oxygen atoms in total. The fraction of sp³-hybridized carbons (Fsp3) is 0.0526. The summed E-state index contributed by atoms with van der Waals surface area (Å²) in [7, 11) is 0. The first kappa shape index (κ1) is 15.1. The average molecular weight is 334 g/mol. The van der Waals surface area contributed by atoms with Crippen molar-refractivity contribution in [3.8, 4) is 0 Å². The zero-order valence-corrected chi connectivity index (χ0v) is 13.5. The topological polar surface area (TPSA) is 58.4 Å². The SMILES string of the molecule is Cc1ccc(F)c(C(=O)NNc2nc3ccccc3n3cccc23)c1. The Morgan fingerprint density at radius 1 is 1.08 bits per heavy atom. The van der Waals surface area contributed by atoms with Gasteiger partial charge in [-0.15, -0.1) is 0 Å². The second-order valence-corrected chi connectivity index (χ2v) is 5.77. The van der Waals surface area contributed by atoms with Crippen LogP contribution in [0.5, 0.6) is 0 Å². The second-order valence-electron chi connectivity index (χ2n) is 5.77. The maximum Gasteiger partial charge on any atom is 0.272 e. The number of hydrogen-bond donors (Lipinski definition) is 2. The molecule has 0 aliphatic carbocycles. The molecule has 0 fully saturated rings. The lowest BCUT2D eigenvalue weighted by molar-refractivity contribution is 0.0958. The van der Waals surface area contributed by atoms with Gasteiger partial charge in [0.2, 0.25) is 0 Å². The molecule has 2 aromatic heterocycles. The summed E-state index contributed by atoms with van der Waals surface area (Å²) in [5.74, 6) is -0.629. The van der Waals surface area contributed by atoms with E-state index in [9.17, 15) is 9.18 Å². The molecule has 0 spiro atoms. The van der Waals surface area contributed by atoms with Crippen LogP contribution in [0.15, 0.2) is 60.8 Å². The van der Waals surface area contributed by atoms with Crippen LogP contribution in [0.4, 0.5) is 10.2 Å². The number of aromatic nitrogens is 2. The van der Waals surface area contributed by atoms with Crippen LogP contribution < -0.4 is 10.9 Å². The maximum absolute atomic E-state index is 13.8. The highest BCUT2D eigenvalue weighted by Gasteiger charge is 2.13. The van der Waals surface area contributed by atoms with Crippen LogP contribution in [0.2, 0.25) is 0 Å². The molecular formula is C19H15FN4O. The van der Waals surface area contributed by atoms with E-state index in [4.69, 9.17) is 0 Å². The first-order valence-electron chi connectivity index (χ1n) is 7.82. The Labute approximate surface area is 143 Å². The summed E-state index contributed by atoms with van der Waals surface area (Å²) in [5, 5.41) is 0. The van der Waals surface area contributed by atoms with Crippen LogP contribution in [-0.4, -0.2) is 15.3 Å². The summed E-state index contributed by atoms with van der Waals surface area (Å²) < 4.78 is 15.8. The zero-order chi connectivity index (χ0) is 17.4. The predicted octanol–water partition coefficient (Wildman–Crippen LogP) is 3.69. The number of fused-ring (bicyclic) bond motifs is 3. The molecule has 2 N–H and O–H groups in total. The number of carbonyl (C=O) groups excluding carboxylic acids is 1. The largest absolute Gasteiger partial charge is 0.312 e. The molecule has 124 valence electrons. The van der Waals surface area contributed by atoms with E-state index in [0.29, 0.717) is 5.82 Å². The van der Waals surface area contributed by atoms with Gasteiger partial charge in [-0.1, -0.05) is 23.8 Å². The fourth-order valence-electron chi connectivity index (χ4n) is 2.81. The number of carbonyl (C=O) groups is 1. The van der Waals surface area contributed by atoms with Gasteiger partial charge in [0.25, 0.3) is 5.91 Å². The molecule has 0 saturated carbocycles. The summed E-state index contributed by atoms with van der Waals surface area (Å²) in [5.41, 5.74) is 8.69. The molecule has 0 aliphatic heterocycles. The molecule has 0 saturated heterocycles. The lowest BCUT2D eigenvalue weighted by Gasteiger charge is -2.12. The van der Waals surface area contributed by atoms with Gasteiger partial charge in [0.1, 0.15) is 5.82 Å². The minimum absolute atomic E-state index is 0.0142. The second kappa shape index (κ2) is 5.90. The Morgan fingerprint density at radius 3 is 2.76 bits per heavy atom. The number of rotatable bonds is 3. The van der Waals surface area contributed by atoms with Crippen molar-refractivity contribution in [2.24, 2.45) is 0 Å². The highest BCUT2D eigenvalue weighted by molar-refractivity contribution is 5.96. The number of benzene rings is 2. The van der Waals surface area contributed by atoms with E-state index >= 15 is 0 Å². The molecule has 0 aliphatic rings. The maximum atomic E-state index is 13.8. The molecule has 0 atom stereocenters. The molecule has 4 aromatic rings. The summed E-state index contributed by atoms with van der Waals surface area (Å²) >= 11 is 0. The summed E-state index contributed by atoms with van der Waals surface area (Å²) in [6, 6.07) is 15.9. The zero-order valence-electron chi connectivity index (χ0n) is 13.5. The quantitative estimate of drug-likeness (QED) is 0.562. The van der Waals surface area contributed by atoms with Gasteiger partial charge in [-0.2, -0.15) is 0 Å². The third kappa shape index (κ3) is 2.67. The van der Waals surface area contributed by atoms with E-state index in [1.165, 1.54) is 12.1 Å². The lowest BCUT2D eigenvalue weighted by atomic mass is 10.1. The van der Waals surface area contributed by atoms with E-state index in [2.05, 4.69) is 15.8 Å². The number of amides is 1. The van der Waals surface area contributed by atoms with Crippen molar-refractivity contribution in [2.45, 2.75) is 6.92 Å². The molecule has 4 rings (SSSR count). The van der Waals surface area contributed by atoms with Gasteiger partial charge < -0.3 is 4.40 Å². The number of hydrazine groups is 1. The van der Waals surface area contributed by atoms with Crippen molar-refractivity contribution in [3.63, 3.8) is 0 Å². The van der Waals surface area contributed by atoms with Crippen molar-refractivity contribution in [2.75, 3.05) is 5.43 Å². The van der Waals surface area contributed by atoms with Gasteiger partial charge in [0.15, 0.2) is 5.82 Å². The molecule has 0 unspecified atom stereocenters. The van der Waals surface area contributed by atoms with Crippen LogP contribution in [0.1, 0.15) is 15.9 Å². The Kier molecular flexibility index (Phi) is 3.57. The van der Waals surface area contributed by atoms with E-state index in [-0.39, 0.29) is 5.56 Å². The van der Waals surface area contributed by atoms with Crippen molar-refractivity contribution >= 4 is 28.3 Å². The van der Waals surface area contributed by atoms with Crippen LogP contribution in [0, 0.1) is 12.7 Å². The van der Waals surface area contributed by atoms with E-state index in [1.54, 1.807) is 13.0 Å². The van der Waals surface area contributed by atoms with Gasteiger partial charge in [0, 0.05) is 6.20 Å². The minimum Gasteiger partial charge on any atom is -0.312 e. The first-order valence-corrected chi connectivity index (χ1v) is 7.82. The van der Waals surface area contributed by atoms with Gasteiger partial charge in [-0.25, -0.2) is 9.37 Å². The summed E-state index contributed by atoms with van der Waals surface area (Å²) in [6.07, 6.45) is 1.92. The molecule has 0 radical (unpaired) electrons. The smallest absolute Gasteiger partial charge is 0.272 e. The van der Waals surface area contributed by atoms with Crippen LogP contribution in [0.3, 0.4) is 0 Å². The number of nitrogens with zero attached hydrogens (tertiary/aromatic N) is 2. The Balaban J connectivity index is 1.67. The molecule has 6 heteroatoms. The fourth-order valence-corrected chi connectivity index (χ4v) is 2.81. The number of halogens is 1. The van der Waals surface area contributed by atoms with Crippen LogP contribution in [-0.2, 0) is 0 Å². The Bertz CT molecular complexity index is 1100.